The molecule has 0 aliphatic rings. The van der Waals surface area contributed by atoms with E-state index in [4.69, 9.17) is 0 Å². The Balaban J connectivity index is 2.11. The van der Waals surface area contributed by atoms with E-state index >= 15 is 0 Å². The molecule has 0 aliphatic carbocycles. The number of nitrogens with one attached hydrogen (secondary N) is 4. The topological polar surface area (TPSA) is 149 Å². The van der Waals surface area contributed by atoms with Gasteiger partial charge >= 0.3 is 5.69 Å². The lowest BCUT2D eigenvalue weighted by Gasteiger charge is -1.86. The highest BCUT2D eigenvalue weighted by Crippen LogP contribution is 2.04. The maximum atomic E-state index is 11.4. The summed E-state index contributed by atoms with van der Waals surface area (Å²) in [5, 5.41) is 13.2. The zero-order chi connectivity index (χ0) is 11.8. The van der Waals surface area contributed by atoms with Crippen molar-refractivity contribution in [2.45, 2.75) is 6.42 Å². The van der Waals surface area contributed by atoms with Crippen molar-refractivity contribution in [3.63, 3.8) is 0 Å². The first-order valence-corrected chi connectivity index (χ1v) is 4.66. The summed E-state index contributed by atoms with van der Waals surface area (Å²) in [4.78, 5) is 33.8. The van der Waals surface area contributed by atoms with Crippen LogP contribution in [0.15, 0.2) is 9.59 Å². The first-order chi connectivity index (χ1) is 8.22. The summed E-state index contributed by atoms with van der Waals surface area (Å²) >= 11 is 0. The number of tetrazole rings is 1. The van der Waals surface area contributed by atoms with Crippen LogP contribution < -0.4 is 11.2 Å². The third-order valence-corrected chi connectivity index (χ3v) is 2.15. The molecule has 0 unspecified atom stereocenters. The number of rotatable bonds is 2. The molecule has 0 atom stereocenters. The average molecular weight is 234 g/mol. The molecule has 0 bridgehead atoms. The molecule has 0 saturated carbocycles. The van der Waals surface area contributed by atoms with E-state index in [1.54, 1.807) is 0 Å². The van der Waals surface area contributed by atoms with Crippen LogP contribution in [0.5, 0.6) is 0 Å². The SMILES string of the molecule is O=c1[nH]c(=O)c2[nH]c(Cc3nn[nH]n3)nc2[nH]1. The Labute approximate surface area is 91.5 Å². The molecule has 3 heterocycles. The van der Waals surface area contributed by atoms with Gasteiger partial charge in [0, 0.05) is 0 Å². The van der Waals surface area contributed by atoms with Crippen LogP contribution in [0.25, 0.3) is 11.2 Å². The van der Waals surface area contributed by atoms with Gasteiger partial charge in [0.25, 0.3) is 5.56 Å². The second-order valence-electron chi connectivity index (χ2n) is 3.32. The molecule has 3 aromatic rings. The highest BCUT2D eigenvalue weighted by molar-refractivity contribution is 5.68. The minimum Gasteiger partial charge on any atom is -0.336 e. The molecule has 4 N–H and O–H groups in total. The first kappa shape index (κ1) is 9.45. The molecule has 0 aromatic carbocycles. The van der Waals surface area contributed by atoms with Crippen LogP contribution in [0.2, 0.25) is 0 Å². The van der Waals surface area contributed by atoms with Gasteiger partial charge in [-0.3, -0.25) is 14.8 Å². The van der Waals surface area contributed by atoms with E-state index in [9.17, 15) is 9.59 Å². The molecule has 0 saturated heterocycles. The molecule has 86 valence electrons. The van der Waals surface area contributed by atoms with Gasteiger partial charge in [0.15, 0.2) is 11.5 Å². The highest BCUT2D eigenvalue weighted by atomic mass is 16.2. The Hall–Kier alpha value is -2.78. The molecule has 17 heavy (non-hydrogen) atoms. The third kappa shape index (κ3) is 1.60. The highest BCUT2D eigenvalue weighted by Gasteiger charge is 2.09. The fourth-order valence-corrected chi connectivity index (χ4v) is 1.47. The Morgan fingerprint density at radius 2 is 2.00 bits per heavy atom. The molecule has 3 rings (SSSR count). The van der Waals surface area contributed by atoms with Gasteiger partial charge in [-0.25, -0.2) is 9.78 Å². The van der Waals surface area contributed by atoms with Crippen LogP contribution >= 0.6 is 0 Å². The predicted octanol–water partition coefficient (Wildman–Crippen LogP) is -1.96. The van der Waals surface area contributed by atoms with Gasteiger partial charge in [-0.15, -0.1) is 10.2 Å². The van der Waals surface area contributed by atoms with Crippen molar-refractivity contribution in [2.24, 2.45) is 0 Å². The van der Waals surface area contributed by atoms with Crippen molar-refractivity contribution in [1.82, 2.24) is 40.6 Å². The van der Waals surface area contributed by atoms with E-state index in [1.165, 1.54) is 0 Å². The molecule has 0 aliphatic heterocycles. The normalized spacial score (nSPS) is 11.1. The van der Waals surface area contributed by atoms with Crippen LogP contribution in [0, 0.1) is 0 Å². The Morgan fingerprint density at radius 3 is 2.76 bits per heavy atom. The summed E-state index contributed by atoms with van der Waals surface area (Å²) in [7, 11) is 0. The largest absolute Gasteiger partial charge is 0.336 e. The Morgan fingerprint density at radius 1 is 1.12 bits per heavy atom. The predicted molar refractivity (Wildman–Crippen MR) is 54.3 cm³/mol. The molecular weight excluding hydrogens is 228 g/mol. The van der Waals surface area contributed by atoms with Gasteiger partial charge in [0.2, 0.25) is 0 Å². The molecule has 0 amide bonds. The second kappa shape index (κ2) is 3.37. The number of aromatic amines is 4. The molecule has 0 spiro atoms. The van der Waals surface area contributed by atoms with Crippen molar-refractivity contribution < 1.29 is 0 Å². The number of nitrogens with zero attached hydrogens (tertiary/aromatic N) is 4. The fraction of sp³-hybridized carbons (Fsp3) is 0.143. The fourth-order valence-electron chi connectivity index (χ4n) is 1.47. The Bertz CT molecular complexity index is 763. The van der Waals surface area contributed by atoms with Gasteiger partial charge in [-0.1, -0.05) is 5.21 Å². The minimum absolute atomic E-state index is 0.206. The van der Waals surface area contributed by atoms with Gasteiger partial charge < -0.3 is 4.98 Å². The second-order valence-corrected chi connectivity index (χ2v) is 3.32. The van der Waals surface area contributed by atoms with Gasteiger partial charge in [0.1, 0.15) is 11.3 Å². The van der Waals surface area contributed by atoms with E-state index < -0.39 is 11.2 Å². The summed E-state index contributed by atoms with van der Waals surface area (Å²) in [5.74, 6) is 0.900. The summed E-state index contributed by atoms with van der Waals surface area (Å²) in [6.07, 6.45) is 0.284. The molecule has 10 heteroatoms. The van der Waals surface area contributed by atoms with E-state index in [0.717, 1.165) is 0 Å². The Kier molecular flexibility index (Phi) is 1.87. The smallest absolute Gasteiger partial charge is 0.327 e. The quantitative estimate of drug-likeness (QED) is 0.404. The van der Waals surface area contributed by atoms with E-state index in [1.807, 2.05) is 0 Å². The zero-order valence-corrected chi connectivity index (χ0v) is 8.31. The van der Waals surface area contributed by atoms with E-state index in [0.29, 0.717) is 11.6 Å². The zero-order valence-electron chi connectivity index (χ0n) is 8.31. The maximum Gasteiger partial charge on any atom is 0.327 e. The summed E-state index contributed by atoms with van der Waals surface area (Å²) in [5.41, 5.74) is -0.698. The molecule has 10 nitrogen and oxygen atoms in total. The summed E-state index contributed by atoms with van der Waals surface area (Å²) in [6, 6.07) is 0. The standard InChI is InChI=1S/C7H6N8O2/c16-6-4-5(10-7(17)11-6)9-2(8-4)1-3-12-14-15-13-3/h1H2,(H,12,13,14,15)(H3,8,9,10,11,16,17). The lowest BCUT2D eigenvalue weighted by molar-refractivity contribution is 0.881. The van der Waals surface area contributed by atoms with E-state index in [2.05, 4.69) is 40.6 Å². The van der Waals surface area contributed by atoms with Crippen molar-refractivity contribution in [2.75, 3.05) is 0 Å². The van der Waals surface area contributed by atoms with Crippen molar-refractivity contribution in [3.8, 4) is 0 Å². The van der Waals surface area contributed by atoms with Crippen LogP contribution in [-0.2, 0) is 6.42 Å². The van der Waals surface area contributed by atoms with Gasteiger partial charge in [0.05, 0.1) is 6.42 Å². The lowest BCUT2D eigenvalue weighted by atomic mass is 10.4. The molecule has 0 fully saturated rings. The average Bonchev–Trinajstić information content (AvgIpc) is 2.87. The number of aromatic nitrogens is 8. The van der Waals surface area contributed by atoms with Crippen LogP contribution in [0.1, 0.15) is 11.6 Å². The number of H-pyrrole nitrogens is 4. The number of imidazole rings is 1. The first-order valence-electron chi connectivity index (χ1n) is 4.66. The number of fused-ring (bicyclic) bond motifs is 1. The monoisotopic (exact) mass is 234 g/mol. The maximum absolute atomic E-state index is 11.4. The van der Waals surface area contributed by atoms with Crippen LogP contribution in [0.4, 0.5) is 0 Å². The third-order valence-electron chi connectivity index (χ3n) is 2.15. The summed E-state index contributed by atoms with van der Waals surface area (Å²) in [6.45, 7) is 0. The number of hydrogen-bond donors (Lipinski definition) is 4. The van der Waals surface area contributed by atoms with Crippen molar-refractivity contribution >= 4 is 11.2 Å². The van der Waals surface area contributed by atoms with Crippen LogP contribution in [-0.4, -0.2) is 40.6 Å². The van der Waals surface area contributed by atoms with E-state index in [-0.39, 0.29) is 17.6 Å². The van der Waals surface area contributed by atoms with Gasteiger partial charge in [-0.05, 0) is 0 Å². The van der Waals surface area contributed by atoms with Gasteiger partial charge in [-0.2, -0.15) is 5.21 Å². The minimum atomic E-state index is -0.597. The molecular formula is C7H6N8O2. The van der Waals surface area contributed by atoms with Crippen molar-refractivity contribution in [1.29, 1.82) is 0 Å². The number of hydrogen-bond acceptors (Lipinski definition) is 6. The van der Waals surface area contributed by atoms with Crippen molar-refractivity contribution in [3.05, 3.63) is 32.5 Å². The lowest BCUT2D eigenvalue weighted by Crippen LogP contribution is -2.21. The van der Waals surface area contributed by atoms with Crippen LogP contribution in [0.3, 0.4) is 0 Å². The summed E-state index contributed by atoms with van der Waals surface area (Å²) < 4.78 is 0. The molecule has 0 radical (unpaired) electrons. The molecule has 3 aromatic heterocycles.